The maximum Gasteiger partial charge on any atom is 0.321 e. The van der Waals surface area contributed by atoms with E-state index in [1.807, 2.05) is 32.0 Å². The van der Waals surface area contributed by atoms with Gasteiger partial charge in [0.2, 0.25) is 0 Å². The molecule has 106 valence electrons. The summed E-state index contributed by atoms with van der Waals surface area (Å²) in [5.41, 5.74) is 0.584. The molecule has 0 aliphatic heterocycles. The van der Waals surface area contributed by atoms with Crippen LogP contribution in [0.4, 0.5) is 10.5 Å². The minimum Gasteiger partial charge on any atom is -0.325 e. The monoisotopic (exact) mass is 273 g/mol. The second-order valence-electron chi connectivity index (χ2n) is 4.61. The molecule has 1 N–H and O–H groups in total. The molecule has 0 aliphatic carbocycles. The molecule has 0 saturated carbocycles. The summed E-state index contributed by atoms with van der Waals surface area (Å²) in [5, 5.41) is 4.25. The Balaban J connectivity index is 2.48. The molecule has 0 unspecified atom stereocenters. The number of urea groups is 1. The van der Waals surface area contributed by atoms with E-state index < -0.39 is 0 Å². The zero-order valence-electron chi connectivity index (χ0n) is 12.0. The Bertz CT molecular complexity index is 687. The number of carbonyl (C=O) groups is 1. The van der Waals surface area contributed by atoms with Gasteiger partial charge in [-0.15, -0.1) is 0 Å². The highest BCUT2D eigenvalue weighted by molar-refractivity contribution is 6.00. The number of nitrogens with one attached hydrogen (secondary N) is 1. The number of amides is 2. The van der Waals surface area contributed by atoms with Crippen molar-refractivity contribution < 1.29 is 4.79 Å². The van der Waals surface area contributed by atoms with Crippen molar-refractivity contribution in [1.29, 1.82) is 0 Å². The molecule has 2 aromatic rings. The number of aryl methyl sites for hydroxylation is 1. The lowest BCUT2D eigenvalue weighted by molar-refractivity contribution is 0.217. The van der Waals surface area contributed by atoms with Gasteiger partial charge in [-0.3, -0.25) is 4.79 Å². The van der Waals surface area contributed by atoms with Gasteiger partial charge in [0.25, 0.3) is 5.56 Å². The number of benzene rings is 1. The normalized spacial score (nSPS) is 10.6. The quantitative estimate of drug-likeness (QED) is 0.933. The maximum atomic E-state index is 12.1. The number of pyridine rings is 1. The summed E-state index contributed by atoms with van der Waals surface area (Å²) < 4.78 is 1.49. The first-order chi connectivity index (χ1) is 9.58. The first-order valence-electron chi connectivity index (χ1n) is 6.72. The van der Waals surface area contributed by atoms with Gasteiger partial charge in [-0.05, 0) is 19.9 Å². The number of rotatable bonds is 3. The van der Waals surface area contributed by atoms with Crippen LogP contribution >= 0.6 is 0 Å². The highest BCUT2D eigenvalue weighted by Crippen LogP contribution is 2.20. The Morgan fingerprint density at radius 1 is 1.20 bits per heavy atom. The average Bonchev–Trinajstić information content (AvgIpc) is 2.46. The van der Waals surface area contributed by atoms with E-state index in [0.717, 1.165) is 5.39 Å². The van der Waals surface area contributed by atoms with Crippen LogP contribution in [0, 0.1) is 0 Å². The number of carbonyl (C=O) groups excluding carboxylic acids is 1. The Morgan fingerprint density at radius 2 is 1.80 bits per heavy atom. The number of hydrogen-bond acceptors (Lipinski definition) is 2. The molecule has 0 bridgehead atoms. The predicted molar refractivity (Wildman–Crippen MR) is 81.1 cm³/mol. The maximum absolute atomic E-state index is 12.1. The molecule has 0 radical (unpaired) electrons. The third kappa shape index (κ3) is 2.52. The van der Waals surface area contributed by atoms with Crippen molar-refractivity contribution in [3.05, 3.63) is 40.8 Å². The lowest BCUT2D eigenvalue weighted by atomic mass is 10.1. The second kappa shape index (κ2) is 5.77. The van der Waals surface area contributed by atoms with Crippen molar-refractivity contribution in [3.63, 3.8) is 0 Å². The molecule has 0 atom stereocenters. The lowest BCUT2D eigenvalue weighted by Gasteiger charge is -2.20. The fraction of sp³-hybridized carbons (Fsp3) is 0.333. The van der Waals surface area contributed by atoms with Crippen LogP contribution < -0.4 is 10.9 Å². The summed E-state index contributed by atoms with van der Waals surface area (Å²) in [5.74, 6) is 0. The number of fused-ring (bicyclic) bond motifs is 1. The number of nitrogens with zero attached hydrogens (tertiary/aromatic N) is 2. The molecule has 0 fully saturated rings. The van der Waals surface area contributed by atoms with Gasteiger partial charge in [-0.1, -0.05) is 18.2 Å². The molecule has 20 heavy (non-hydrogen) atoms. The van der Waals surface area contributed by atoms with Crippen molar-refractivity contribution in [3.8, 4) is 0 Å². The largest absolute Gasteiger partial charge is 0.325 e. The van der Waals surface area contributed by atoms with E-state index in [-0.39, 0.29) is 11.6 Å². The zero-order chi connectivity index (χ0) is 14.7. The molecular formula is C15H19N3O2. The fourth-order valence-corrected chi connectivity index (χ4v) is 2.22. The van der Waals surface area contributed by atoms with Crippen molar-refractivity contribution in [2.24, 2.45) is 7.05 Å². The van der Waals surface area contributed by atoms with Gasteiger partial charge in [0.15, 0.2) is 0 Å². The topological polar surface area (TPSA) is 54.3 Å². The highest BCUT2D eigenvalue weighted by Gasteiger charge is 2.13. The average molecular weight is 273 g/mol. The van der Waals surface area contributed by atoms with Gasteiger partial charge >= 0.3 is 6.03 Å². The molecular weight excluding hydrogens is 254 g/mol. The smallest absolute Gasteiger partial charge is 0.321 e. The minimum atomic E-state index is -0.154. The van der Waals surface area contributed by atoms with E-state index in [1.54, 1.807) is 24.2 Å². The van der Waals surface area contributed by atoms with Crippen LogP contribution in [0.5, 0.6) is 0 Å². The van der Waals surface area contributed by atoms with Crippen LogP contribution in [0.15, 0.2) is 35.3 Å². The molecule has 0 aliphatic rings. The molecule has 1 heterocycles. The first kappa shape index (κ1) is 14.1. The summed E-state index contributed by atoms with van der Waals surface area (Å²) in [7, 11) is 1.68. The van der Waals surface area contributed by atoms with E-state index in [1.165, 1.54) is 4.57 Å². The third-order valence-corrected chi connectivity index (χ3v) is 3.38. The van der Waals surface area contributed by atoms with Gasteiger partial charge in [0, 0.05) is 37.1 Å². The molecule has 0 spiro atoms. The van der Waals surface area contributed by atoms with Crippen LogP contribution in [0.2, 0.25) is 0 Å². The van der Waals surface area contributed by atoms with E-state index in [9.17, 15) is 9.59 Å². The Hall–Kier alpha value is -2.30. The first-order valence-corrected chi connectivity index (χ1v) is 6.72. The predicted octanol–water partition coefficient (Wildman–Crippen LogP) is 2.41. The highest BCUT2D eigenvalue weighted by atomic mass is 16.2. The van der Waals surface area contributed by atoms with Crippen LogP contribution in [0.3, 0.4) is 0 Å². The second-order valence-corrected chi connectivity index (χ2v) is 4.61. The van der Waals surface area contributed by atoms with Crippen molar-refractivity contribution >= 4 is 22.5 Å². The van der Waals surface area contributed by atoms with Crippen LogP contribution in [0.1, 0.15) is 13.8 Å². The lowest BCUT2D eigenvalue weighted by Crippen LogP contribution is -2.35. The number of aromatic nitrogens is 1. The molecule has 2 amide bonds. The fourth-order valence-electron chi connectivity index (χ4n) is 2.22. The summed E-state index contributed by atoms with van der Waals surface area (Å²) in [6.45, 7) is 5.15. The zero-order valence-corrected chi connectivity index (χ0v) is 12.0. The number of hydrogen-bond donors (Lipinski definition) is 1. The van der Waals surface area contributed by atoms with Crippen molar-refractivity contribution in [1.82, 2.24) is 9.47 Å². The van der Waals surface area contributed by atoms with E-state index >= 15 is 0 Å². The van der Waals surface area contributed by atoms with Crippen LogP contribution in [-0.4, -0.2) is 28.6 Å². The van der Waals surface area contributed by atoms with Gasteiger partial charge < -0.3 is 14.8 Å². The van der Waals surface area contributed by atoms with Crippen LogP contribution in [-0.2, 0) is 7.05 Å². The summed E-state index contributed by atoms with van der Waals surface area (Å²) >= 11 is 0. The van der Waals surface area contributed by atoms with Gasteiger partial charge in [0.1, 0.15) is 0 Å². The summed E-state index contributed by atoms with van der Waals surface area (Å²) in [6, 6.07) is 7.13. The SMILES string of the molecule is CCN(CC)C(=O)Nc1cn(C)c(=O)c2ccccc12. The molecule has 2 rings (SSSR count). The Labute approximate surface area is 117 Å². The standard InChI is InChI=1S/C15H19N3O2/c1-4-18(5-2)15(20)16-13-10-17(3)14(19)12-9-7-6-8-11(12)13/h6-10H,4-5H2,1-3H3,(H,16,20). The van der Waals surface area contributed by atoms with Crippen molar-refractivity contribution in [2.75, 3.05) is 18.4 Å². The van der Waals surface area contributed by atoms with Crippen LogP contribution in [0.25, 0.3) is 10.8 Å². The molecule has 1 aromatic carbocycles. The minimum absolute atomic E-state index is 0.0681. The number of anilines is 1. The third-order valence-electron chi connectivity index (χ3n) is 3.38. The molecule has 5 nitrogen and oxygen atoms in total. The summed E-state index contributed by atoms with van der Waals surface area (Å²) in [6.07, 6.45) is 1.66. The molecule has 5 heteroatoms. The van der Waals surface area contributed by atoms with Gasteiger partial charge in [-0.25, -0.2) is 4.79 Å². The van der Waals surface area contributed by atoms with E-state index in [2.05, 4.69) is 5.32 Å². The van der Waals surface area contributed by atoms with E-state index in [4.69, 9.17) is 0 Å². The summed E-state index contributed by atoms with van der Waals surface area (Å²) in [4.78, 5) is 25.9. The molecule has 0 saturated heterocycles. The van der Waals surface area contributed by atoms with Gasteiger partial charge in [-0.2, -0.15) is 0 Å². The van der Waals surface area contributed by atoms with Gasteiger partial charge in [0.05, 0.1) is 5.69 Å². The van der Waals surface area contributed by atoms with E-state index in [0.29, 0.717) is 24.2 Å². The van der Waals surface area contributed by atoms with Crippen molar-refractivity contribution in [2.45, 2.75) is 13.8 Å². The Morgan fingerprint density at radius 3 is 2.40 bits per heavy atom. The molecule has 1 aromatic heterocycles. The Kier molecular flexibility index (Phi) is 4.08.